The molecule has 0 bridgehead atoms. The zero-order valence-corrected chi connectivity index (χ0v) is 26.9. The van der Waals surface area contributed by atoms with Gasteiger partial charge in [0, 0.05) is 29.3 Å². The van der Waals surface area contributed by atoms with Crippen LogP contribution in [-0.4, -0.2) is 59.4 Å². The Bertz CT molecular complexity index is 1530. The molecule has 0 saturated heterocycles. The molecule has 3 fully saturated rings. The lowest BCUT2D eigenvalue weighted by Gasteiger charge is -2.62. The fourth-order valence-electron chi connectivity index (χ4n) is 8.45. The van der Waals surface area contributed by atoms with Crippen molar-refractivity contribution in [3.05, 3.63) is 89.0 Å². The third kappa shape index (κ3) is 6.05. The Balaban J connectivity index is 0.000000356. The molecule has 6 rings (SSSR count). The maximum atomic E-state index is 17.1. The minimum Gasteiger partial charge on any atom is -0.457 e. The van der Waals surface area contributed by atoms with E-state index in [-0.39, 0.29) is 48.9 Å². The molecule has 0 aromatic heterocycles. The van der Waals surface area contributed by atoms with Crippen LogP contribution in [0.25, 0.3) is 0 Å². The van der Waals surface area contributed by atoms with Crippen molar-refractivity contribution in [2.45, 2.75) is 63.9 Å². The summed E-state index contributed by atoms with van der Waals surface area (Å²) in [6.07, 6.45) is 1.88. The van der Waals surface area contributed by atoms with Crippen LogP contribution in [0.2, 0.25) is 5.02 Å². The predicted octanol–water partition coefficient (Wildman–Crippen LogP) is 6.44. The molecule has 0 heterocycles. The summed E-state index contributed by atoms with van der Waals surface area (Å²) >= 11 is 5.62. The molecule has 8 atom stereocenters. The van der Waals surface area contributed by atoms with Gasteiger partial charge in [0.25, 0.3) is 0 Å². The van der Waals surface area contributed by atoms with Crippen LogP contribution >= 0.6 is 11.6 Å². The number of carbonyl (C=O) groups is 3. The van der Waals surface area contributed by atoms with Crippen molar-refractivity contribution in [1.29, 1.82) is 0 Å². The number of hydroxylamine groups is 1. The number of fused-ring (bicyclic) bond motifs is 5. The Labute approximate surface area is 272 Å². The number of anilines is 1. The highest BCUT2D eigenvalue weighted by atomic mass is 35.5. The van der Waals surface area contributed by atoms with Gasteiger partial charge in [-0.2, -0.15) is 0 Å². The number of hydrogen-bond donors (Lipinski definition) is 2. The number of aliphatic hydroxyl groups is 1. The summed E-state index contributed by atoms with van der Waals surface area (Å²) in [7, 11) is 1.56. The first-order chi connectivity index (χ1) is 21.7. The van der Waals surface area contributed by atoms with Gasteiger partial charge in [0.15, 0.2) is 17.2 Å². The molecule has 7 nitrogen and oxygen atoms in total. The number of halogens is 3. The zero-order valence-electron chi connectivity index (χ0n) is 26.2. The Hall–Kier alpha value is -3.40. The summed E-state index contributed by atoms with van der Waals surface area (Å²) in [4.78, 5) is 37.4. The molecule has 0 amide bonds. The zero-order chi connectivity index (χ0) is 33.4. The van der Waals surface area contributed by atoms with E-state index in [1.165, 1.54) is 18.2 Å². The van der Waals surface area contributed by atoms with Crippen molar-refractivity contribution < 1.29 is 38.2 Å². The maximum absolute atomic E-state index is 17.1. The van der Waals surface area contributed by atoms with Crippen LogP contribution < -0.4 is 5.06 Å². The summed E-state index contributed by atoms with van der Waals surface area (Å²) in [5, 5.41) is 21.9. The van der Waals surface area contributed by atoms with Gasteiger partial charge in [-0.3, -0.25) is 24.7 Å². The van der Waals surface area contributed by atoms with E-state index in [0.29, 0.717) is 17.9 Å². The molecule has 0 spiro atoms. The molecule has 2 aromatic rings. The van der Waals surface area contributed by atoms with E-state index in [0.717, 1.165) is 16.3 Å². The second-order valence-corrected chi connectivity index (χ2v) is 13.8. The molecule has 1 unspecified atom stereocenters. The normalized spacial score (nSPS) is 34.2. The van der Waals surface area contributed by atoms with Gasteiger partial charge in [-0.1, -0.05) is 54.9 Å². The van der Waals surface area contributed by atoms with Gasteiger partial charge in [0.1, 0.15) is 12.8 Å². The van der Waals surface area contributed by atoms with E-state index in [4.69, 9.17) is 21.5 Å². The summed E-state index contributed by atoms with van der Waals surface area (Å²) in [6, 6.07) is 16.0. The Morgan fingerprint density at radius 1 is 1.07 bits per heavy atom. The van der Waals surface area contributed by atoms with Gasteiger partial charge >= 0.3 is 5.97 Å². The Kier molecular flexibility index (Phi) is 9.60. The number of carbonyl (C=O) groups excluding carboxylic acids is 3. The minimum atomic E-state index is -2.15. The molecule has 246 valence electrons. The highest BCUT2D eigenvalue weighted by Gasteiger charge is 2.72. The minimum absolute atomic E-state index is 0.0423. The molecule has 10 heteroatoms. The van der Waals surface area contributed by atoms with E-state index in [2.05, 4.69) is 0 Å². The predicted molar refractivity (Wildman–Crippen MR) is 170 cm³/mol. The average molecular weight is 656 g/mol. The van der Waals surface area contributed by atoms with Crippen molar-refractivity contribution in [1.82, 2.24) is 0 Å². The molecule has 2 N–H and O–H groups in total. The lowest BCUT2D eigenvalue weighted by Crippen LogP contribution is -2.68. The largest absolute Gasteiger partial charge is 0.457 e. The van der Waals surface area contributed by atoms with Crippen LogP contribution in [0, 0.1) is 28.6 Å². The van der Waals surface area contributed by atoms with Crippen LogP contribution in [0.3, 0.4) is 0 Å². The number of alkyl halides is 2. The van der Waals surface area contributed by atoms with E-state index in [9.17, 15) is 19.5 Å². The van der Waals surface area contributed by atoms with Crippen LogP contribution in [0.1, 0.15) is 45.1 Å². The van der Waals surface area contributed by atoms with E-state index in [1.54, 1.807) is 50.4 Å². The van der Waals surface area contributed by atoms with Gasteiger partial charge in [-0.05, 0) is 91.5 Å². The molecule has 0 radical (unpaired) electrons. The fourth-order valence-corrected chi connectivity index (χ4v) is 8.58. The smallest absolute Gasteiger partial charge is 0.310 e. The second kappa shape index (κ2) is 13.0. The number of ether oxygens (including phenoxy) is 1. The number of nitrogens with zero attached hydrogens (tertiary/aromatic N) is 1. The van der Waals surface area contributed by atoms with Crippen molar-refractivity contribution in [2.75, 3.05) is 18.7 Å². The number of allylic oxidation sites excluding steroid dienone is 4. The number of benzene rings is 2. The van der Waals surface area contributed by atoms with Crippen molar-refractivity contribution in [2.24, 2.45) is 28.6 Å². The topological polar surface area (TPSA) is 104 Å². The molecule has 0 aliphatic heterocycles. The third-order valence-electron chi connectivity index (χ3n) is 10.8. The van der Waals surface area contributed by atoms with Crippen molar-refractivity contribution in [3.8, 4) is 0 Å². The summed E-state index contributed by atoms with van der Waals surface area (Å²) in [6.45, 7) is 3.07. The van der Waals surface area contributed by atoms with Gasteiger partial charge in [-0.25, -0.2) is 8.78 Å². The first-order valence-corrected chi connectivity index (χ1v) is 15.9. The first-order valence-electron chi connectivity index (χ1n) is 15.6. The molecule has 46 heavy (non-hydrogen) atoms. The first kappa shape index (κ1) is 33.9. The molecule has 4 aliphatic carbocycles. The summed E-state index contributed by atoms with van der Waals surface area (Å²) < 4.78 is 37.7. The monoisotopic (exact) mass is 655 g/mol. The number of rotatable bonds is 6. The van der Waals surface area contributed by atoms with Crippen LogP contribution in [0.15, 0.2) is 78.4 Å². The average Bonchev–Trinajstić information content (AvgIpc) is 3.36. The summed E-state index contributed by atoms with van der Waals surface area (Å²) in [5.74, 6) is -2.77. The molecular formula is C36H40ClF2NO6. The van der Waals surface area contributed by atoms with E-state index in [1.807, 2.05) is 25.1 Å². The van der Waals surface area contributed by atoms with Gasteiger partial charge in [-0.15, -0.1) is 0 Å². The van der Waals surface area contributed by atoms with E-state index < -0.39 is 46.6 Å². The molecule has 4 aliphatic rings. The second-order valence-electron chi connectivity index (χ2n) is 13.4. The van der Waals surface area contributed by atoms with Crippen molar-refractivity contribution >= 4 is 34.8 Å². The SMILES string of the molecule is CN(O)c1ccc(Cl)cc1.C[C@]12C[C@H](O)[C@@]3(F)[C@@H](C[C@H](F)C4=CC(=O)C=C[C@@]43C)C1CC[C@@H]2C(=O)COC(=O)Cc1ccccc1. The van der Waals surface area contributed by atoms with Crippen LogP contribution in [0.4, 0.5) is 14.5 Å². The molecule has 2 aromatic carbocycles. The van der Waals surface area contributed by atoms with Crippen LogP contribution in [0.5, 0.6) is 0 Å². The van der Waals surface area contributed by atoms with Gasteiger partial charge in [0.2, 0.25) is 0 Å². The highest BCUT2D eigenvalue weighted by molar-refractivity contribution is 6.30. The molecular weight excluding hydrogens is 616 g/mol. The quantitative estimate of drug-likeness (QED) is 0.273. The van der Waals surface area contributed by atoms with E-state index >= 15 is 8.78 Å². The summed E-state index contributed by atoms with van der Waals surface area (Å²) in [5.41, 5.74) is -2.72. The Morgan fingerprint density at radius 3 is 2.39 bits per heavy atom. The number of aliphatic hydroxyl groups excluding tert-OH is 1. The standard InChI is InChI=1S/C29H32F2O5.C7H8ClNO/c1-27-15-25(34)29(31)21(14-23(30)22-13-18(32)10-11-28(22,29)2)19(27)8-9-20(27)24(33)16-36-26(35)12-17-6-4-3-5-7-17;1-9(10)7-4-2-6(8)3-5-7/h3-7,10-11,13,19-21,23,25,34H,8-9,12,14-16H2,1-2H3;2-5,10H,1H3/t19?,20-,21+,23+,25+,27+,28+,29+;/m1./s1. The molecule has 3 saturated carbocycles. The fraction of sp³-hybridized carbons (Fsp3) is 0.472. The highest BCUT2D eigenvalue weighted by Crippen LogP contribution is 2.69. The maximum Gasteiger partial charge on any atom is 0.310 e. The lowest BCUT2D eigenvalue weighted by atomic mass is 9.45. The number of hydrogen-bond acceptors (Lipinski definition) is 7. The lowest BCUT2D eigenvalue weighted by molar-refractivity contribution is -0.202. The van der Waals surface area contributed by atoms with Crippen molar-refractivity contribution in [3.63, 3.8) is 0 Å². The van der Waals surface area contributed by atoms with Gasteiger partial charge < -0.3 is 9.84 Å². The number of Topliss-reactive ketones (excluding diaryl/α,β-unsaturated/α-hetero) is 1. The number of esters is 1. The van der Waals surface area contributed by atoms with Crippen LogP contribution in [-0.2, 0) is 25.5 Å². The third-order valence-corrected chi connectivity index (χ3v) is 11.0. The number of ketones is 2. The van der Waals surface area contributed by atoms with Gasteiger partial charge in [0.05, 0.1) is 18.2 Å². The Morgan fingerprint density at radius 2 is 1.74 bits per heavy atom.